The van der Waals surface area contributed by atoms with Crippen LogP contribution in [0.3, 0.4) is 0 Å². The lowest BCUT2D eigenvalue weighted by Crippen LogP contribution is -2.37. The molecule has 0 amide bonds. The molecule has 1 aromatic heterocycles. The van der Waals surface area contributed by atoms with E-state index in [0.717, 1.165) is 75.7 Å². The SMILES string of the molecule is CCc1cccc(CC)c1-c1cc(CCCN2CCOCC2)c(COc2cc(C(C)C)ccc2C)c(C)n1. The van der Waals surface area contributed by atoms with Gasteiger partial charge in [-0.3, -0.25) is 9.88 Å². The zero-order valence-corrected chi connectivity index (χ0v) is 24.4. The molecule has 0 N–H and O–H groups in total. The minimum atomic E-state index is 0.475. The van der Waals surface area contributed by atoms with E-state index >= 15 is 0 Å². The molecular weight excluding hydrogens is 468 g/mol. The summed E-state index contributed by atoms with van der Waals surface area (Å²) in [5, 5.41) is 0. The molecule has 0 radical (unpaired) electrons. The first kappa shape index (κ1) is 28.3. The Kier molecular flexibility index (Phi) is 9.98. The Labute approximate surface area is 230 Å². The average Bonchev–Trinajstić information content (AvgIpc) is 2.93. The van der Waals surface area contributed by atoms with Crippen molar-refractivity contribution in [2.75, 3.05) is 32.8 Å². The number of hydrogen-bond donors (Lipinski definition) is 0. The summed E-state index contributed by atoms with van der Waals surface area (Å²) >= 11 is 0. The van der Waals surface area contributed by atoms with E-state index in [1.807, 2.05) is 0 Å². The van der Waals surface area contributed by atoms with Crippen LogP contribution in [0, 0.1) is 13.8 Å². The molecule has 2 aromatic carbocycles. The standard InChI is InChI=1S/C34H46N2O2/c1-7-27-11-9-12-28(8-2)34(27)32-21-30(13-10-16-36-17-19-37-20-18-36)31(26(6)35-32)23-38-33-22-29(24(3)4)15-14-25(33)5/h9,11-12,14-15,21-22,24H,7-8,10,13,16-20,23H2,1-6H3. The molecule has 0 spiro atoms. The van der Waals surface area contributed by atoms with Crippen molar-refractivity contribution in [3.8, 4) is 17.0 Å². The molecule has 4 rings (SSSR count). The third-order valence-corrected chi connectivity index (χ3v) is 7.95. The number of aryl methyl sites for hydroxylation is 5. The Morgan fingerprint density at radius 3 is 2.32 bits per heavy atom. The predicted octanol–water partition coefficient (Wildman–Crippen LogP) is 7.46. The fraction of sp³-hybridized carbons (Fsp3) is 0.500. The van der Waals surface area contributed by atoms with Gasteiger partial charge in [-0.15, -0.1) is 0 Å². The van der Waals surface area contributed by atoms with Crippen LogP contribution in [-0.2, 0) is 30.6 Å². The topological polar surface area (TPSA) is 34.6 Å². The lowest BCUT2D eigenvalue weighted by molar-refractivity contribution is 0.0374. The van der Waals surface area contributed by atoms with Crippen LogP contribution in [0.15, 0.2) is 42.5 Å². The van der Waals surface area contributed by atoms with Gasteiger partial charge >= 0.3 is 0 Å². The number of hydrogen-bond acceptors (Lipinski definition) is 4. The molecule has 4 heteroatoms. The van der Waals surface area contributed by atoms with Crippen molar-refractivity contribution in [3.63, 3.8) is 0 Å². The van der Waals surface area contributed by atoms with Gasteiger partial charge in [0.05, 0.1) is 18.9 Å². The fourth-order valence-corrected chi connectivity index (χ4v) is 5.48. The molecule has 0 aliphatic carbocycles. The van der Waals surface area contributed by atoms with Crippen LogP contribution in [0.4, 0.5) is 0 Å². The van der Waals surface area contributed by atoms with Gasteiger partial charge in [0, 0.05) is 29.9 Å². The summed E-state index contributed by atoms with van der Waals surface area (Å²) in [6.07, 6.45) is 4.15. The van der Waals surface area contributed by atoms with Crippen molar-refractivity contribution in [1.29, 1.82) is 0 Å². The second-order valence-corrected chi connectivity index (χ2v) is 10.9. The Hall–Kier alpha value is -2.69. The van der Waals surface area contributed by atoms with Gasteiger partial charge in [0.25, 0.3) is 0 Å². The second kappa shape index (κ2) is 13.4. The van der Waals surface area contributed by atoms with Crippen LogP contribution in [0.5, 0.6) is 5.75 Å². The maximum absolute atomic E-state index is 6.50. The Balaban J connectivity index is 1.66. The maximum Gasteiger partial charge on any atom is 0.123 e. The van der Waals surface area contributed by atoms with E-state index < -0.39 is 0 Å². The van der Waals surface area contributed by atoms with Gasteiger partial charge in [0.2, 0.25) is 0 Å². The van der Waals surface area contributed by atoms with Gasteiger partial charge < -0.3 is 9.47 Å². The normalized spacial score (nSPS) is 14.3. The molecule has 1 saturated heterocycles. The van der Waals surface area contributed by atoms with E-state index in [0.29, 0.717) is 12.5 Å². The van der Waals surface area contributed by atoms with Gasteiger partial charge in [-0.2, -0.15) is 0 Å². The van der Waals surface area contributed by atoms with Crippen molar-refractivity contribution < 1.29 is 9.47 Å². The molecule has 204 valence electrons. The second-order valence-electron chi connectivity index (χ2n) is 10.9. The maximum atomic E-state index is 6.50. The van der Waals surface area contributed by atoms with Gasteiger partial charge in [-0.05, 0) is 91.9 Å². The third-order valence-electron chi connectivity index (χ3n) is 7.95. The summed E-state index contributed by atoms with van der Waals surface area (Å²) in [7, 11) is 0. The van der Waals surface area contributed by atoms with Crippen LogP contribution < -0.4 is 4.74 Å². The van der Waals surface area contributed by atoms with E-state index in [1.165, 1.54) is 38.9 Å². The number of nitrogens with zero attached hydrogens (tertiary/aromatic N) is 2. The Bertz CT molecular complexity index is 1190. The predicted molar refractivity (Wildman–Crippen MR) is 158 cm³/mol. The zero-order chi connectivity index (χ0) is 27.1. The molecule has 0 bridgehead atoms. The van der Waals surface area contributed by atoms with Gasteiger partial charge in [0.15, 0.2) is 0 Å². The highest BCUT2D eigenvalue weighted by atomic mass is 16.5. The number of benzene rings is 2. The average molecular weight is 515 g/mol. The number of ether oxygens (including phenoxy) is 2. The summed E-state index contributed by atoms with van der Waals surface area (Å²) in [5.74, 6) is 1.45. The first-order valence-corrected chi connectivity index (χ1v) is 14.5. The first-order chi connectivity index (χ1) is 18.4. The first-order valence-electron chi connectivity index (χ1n) is 14.5. The lowest BCUT2D eigenvalue weighted by atomic mass is 9.92. The van der Waals surface area contributed by atoms with Crippen molar-refractivity contribution in [2.24, 2.45) is 0 Å². The summed E-state index contributed by atoms with van der Waals surface area (Å²) in [5.41, 5.74) is 11.3. The number of rotatable bonds is 11. The van der Waals surface area contributed by atoms with E-state index in [-0.39, 0.29) is 0 Å². The van der Waals surface area contributed by atoms with E-state index in [1.54, 1.807) is 0 Å². The Morgan fingerprint density at radius 1 is 0.947 bits per heavy atom. The molecule has 3 aromatic rings. The molecule has 1 fully saturated rings. The molecule has 0 atom stereocenters. The monoisotopic (exact) mass is 514 g/mol. The molecule has 38 heavy (non-hydrogen) atoms. The smallest absolute Gasteiger partial charge is 0.123 e. The van der Waals surface area contributed by atoms with Crippen LogP contribution in [0.25, 0.3) is 11.3 Å². The van der Waals surface area contributed by atoms with E-state index in [4.69, 9.17) is 14.5 Å². The molecular formula is C34H46N2O2. The van der Waals surface area contributed by atoms with Crippen molar-refractivity contribution in [3.05, 3.63) is 81.5 Å². The lowest BCUT2D eigenvalue weighted by Gasteiger charge is -2.26. The highest BCUT2D eigenvalue weighted by Crippen LogP contribution is 2.32. The van der Waals surface area contributed by atoms with Crippen molar-refractivity contribution in [1.82, 2.24) is 9.88 Å². The molecule has 2 heterocycles. The number of morpholine rings is 1. The van der Waals surface area contributed by atoms with Gasteiger partial charge in [-0.1, -0.05) is 58.0 Å². The van der Waals surface area contributed by atoms with Crippen LogP contribution in [-0.4, -0.2) is 42.7 Å². The molecule has 1 aliphatic rings. The van der Waals surface area contributed by atoms with Gasteiger partial charge in [0.1, 0.15) is 12.4 Å². The third kappa shape index (κ3) is 6.84. The number of aromatic nitrogens is 1. The summed E-state index contributed by atoms with van der Waals surface area (Å²) in [6.45, 7) is 18.6. The highest BCUT2D eigenvalue weighted by Gasteiger charge is 2.17. The summed E-state index contributed by atoms with van der Waals surface area (Å²) in [4.78, 5) is 7.72. The molecule has 4 nitrogen and oxygen atoms in total. The van der Waals surface area contributed by atoms with Gasteiger partial charge in [-0.25, -0.2) is 0 Å². The van der Waals surface area contributed by atoms with Crippen LogP contribution in [0.1, 0.15) is 79.1 Å². The molecule has 0 unspecified atom stereocenters. The quantitative estimate of drug-likeness (QED) is 0.266. The van der Waals surface area contributed by atoms with Crippen LogP contribution >= 0.6 is 0 Å². The summed E-state index contributed by atoms with van der Waals surface area (Å²) < 4.78 is 12.0. The molecule has 1 aliphatic heterocycles. The van der Waals surface area contributed by atoms with Crippen LogP contribution in [0.2, 0.25) is 0 Å². The van der Waals surface area contributed by atoms with Crippen molar-refractivity contribution in [2.45, 2.75) is 79.8 Å². The van der Waals surface area contributed by atoms with E-state index in [9.17, 15) is 0 Å². The fourth-order valence-electron chi connectivity index (χ4n) is 5.48. The summed E-state index contributed by atoms with van der Waals surface area (Å²) in [6, 6.07) is 15.7. The molecule has 0 saturated carbocycles. The zero-order valence-electron chi connectivity index (χ0n) is 24.4. The largest absolute Gasteiger partial charge is 0.489 e. The minimum Gasteiger partial charge on any atom is -0.489 e. The highest BCUT2D eigenvalue weighted by molar-refractivity contribution is 5.69. The van der Waals surface area contributed by atoms with Crippen molar-refractivity contribution >= 4 is 0 Å². The Morgan fingerprint density at radius 2 is 1.66 bits per heavy atom. The number of pyridine rings is 1. The van der Waals surface area contributed by atoms with E-state index in [2.05, 4.69) is 88.9 Å². The minimum absolute atomic E-state index is 0.475.